The lowest BCUT2D eigenvalue weighted by molar-refractivity contribution is 0.221. The number of rotatable bonds is 7. The molecule has 1 aliphatic rings. The molecule has 1 fully saturated rings. The molecule has 0 atom stereocenters. The quantitative estimate of drug-likeness (QED) is 0.793. The largest absolute Gasteiger partial charge is 0.382 e. The first kappa shape index (κ1) is 18.2. The molecule has 0 amide bonds. The summed E-state index contributed by atoms with van der Waals surface area (Å²) in [5.74, 6) is 1.24. The van der Waals surface area contributed by atoms with Crippen LogP contribution < -0.4 is 5.32 Å². The van der Waals surface area contributed by atoms with Crippen LogP contribution in [-0.4, -0.2) is 40.6 Å². The Morgan fingerprint density at radius 1 is 1.16 bits per heavy atom. The molecule has 1 heterocycles. The number of unbranched alkanes of at least 4 members (excludes halogenated alkanes) is 1. The Morgan fingerprint density at radius 3 is 2.56 bits per heavy atom. The van der Waals surface area contributed by atoms with Crippen LogP contribution in [0.3, 0.4) is 0 Å². The molecule has 2 aromatic rings. The highest BCUT2D eigenvalue weighted by Crippen LogP contribution is 2.27. The van der Waals surface area contributed by atoms with Crippen molar-refractivity contribution in [2.24, 2.45) is 0 Å². The molecular weight excluding hydrogens is 308 g/mol. The first-order valence-electron chi connectivity index (χ1n) is 10.0. The summed E-state index contributed by atoms with van der Waals surface area (Å²) in [6.07, 6.45) is 8.60. The summed E-state index contributed by atoms with van der Waals surface area (Å²) in [5, 5.41) is 3.75. The van der Waals surface area contributed by atoms with Crippen molar-refractivity contribution in [2.45, 2.75) is 77.4 Å². The lowest BCUT2D eigenvalue weighted by Crippen LogP contribution is -2.36. The number of aromatic nitrogens is 2. The van der Waals surface area contributed by atoms with Gasteiger partial charge in [-0.1, -0.05) is 13.3 Å². The molecule has 0 saturated heterocycles. The van der Waals surface area contributed by atoms with E-state index >= 15 is 0 Å². The number of imidazole rings is 1. The van der Waals surface area contributed by atoms with Gasteiger partial charge in [-0.15, -0.1) is 0 Å². The molecule has 0 radical (unpaired) electrons. The highest BCUT2D eigenvalue weighted by molar-refractivity contribution is 5.80. The monoisotopic (exact) mass is 342 g/mol. The molecule has 3 rings (SSSR count). The standard InChI is InChI=1S/C21H34N4/c1-5-7-8-21-23-19-15-17(11-14-20(19)25(21)6-2)22-16-9-12-18(13-10-16)24(3)4/h11,14-16,18,22H,5-10,12-13H2,1-4H3. The summed E-state index contributed by atoms with van der Waals surface area (Å²) in [5.41, 5.74) is 3.64. The molecule has 25 heavy (non-hydrogen) atoms. The van der Waals surface area contributed by atoms with Gasteiger partial charge in [0.25, 0.3) is 0 Å². The molecule has 138 valence electrons. The third kappa shape index (κ3) is 4.17. The van der Waals surface area contributed by atoms with Crippen molar-refractivity contribution in [3.8, 4) is 0 Å². The Labute approximate surface area is 152 Å². The molecule has 1 aromatic heterocycles. The van der Waals surface area contributed by atoms with Crippen molar-refractivity contribution < 1.29 is 0 Å². The van der Waals surface area contributed by atoms with Crippen LogP contribution in [0.15, 0.2) is 18.2 Å². The number of benzene rings is 1. The van der Waals surface area contributed by atoms with Gasteiger partial charge in [-0.3, -0.25) is 0 Å². The van der Waals surface area contributed by atoms with Crippen LogP contribution in [-0.2, 0) is 13.0 Å². The smallest absolute Gasteiger partial charge is 0.109 e. The summed E-state index contributed by atoms with van der Waals surface area (Å²) in [7, 11) is 4.40. The van der Waals surface area contributed by atoms with Crippen LogP contribution in [0.5, 0.6) is 0 Å². The average Bonchev–Trinajstić information content (AvgIpc) is 2.97. The van der Waals surface area contributed by atoms with Gasteiger partial charge in [0, 0.05) is 30.7 Å². The fourth-order valence-electron chi connectivity index (χ4n) is 4.12. The summed E-state index contributed by atoms with van der Waals surface area (Å²) in [6.45, 7) is 5.45. The predicted molar refractivity (Wildman–Crippen MR) is 107 cm³/mol. The van der Waals surface area contributed by atoms with Gasteiger partial charge in [0.15, 0.2) is 0 Å². The Morgan fingerprint density at radius 2 is 1.92 bits per heavy atom. The van der Waals surface area contributed by atoms with Gasteiger partial charge in [-0.2, -0.15) is 0 Å². The summed E-state index contributed by atoms with van der Waals surface area (Å²) >= 11 is 0. The van der Waals surface area contributed by atoms with Crippen molar-refractivity contribution in [2.75, 3.05) is 19.4 Å². The fraction of sp³-hybridized carbons (Fsp3) is 0.667. The minimum Gasteiger partial charge on any atom is -0.382 e. The van der Waals surface area contributed by atoms with Crippen molar-refractivity contribution in [1.29, 1.82) is 0 Å². The van der Waals surface area contributed by atoms with E-state index in [0.29, 0.717) is 6.04 Å². The zero-order valence-electron chi connectivity index (χ0n) is 16.4. The fourth-order valence-corrected chi connectivity index (χ4v) is 4.12. The number of nitrogens with zero attached hydrogens (tertiary/aromatic N) is 3. The van der Waals surface area contributed by atoms with E-state index in [0.717, 1.165) is 24.5 Å². The first-order chi connectivity index (χ1) is 12.1. The summed E-state index contributed by atoms with van der Waals surface area (Å²) < 4.78 is 2.37. The molecule has 1 N–H and O–H groups in total. The normalized spacial score (nSPS) is 21.2. The highest BCUT2D eigenvalue weighted by Gasteiger charge is 2.22. The first-order valence-corrected chi connectivity index (χ1v) is 10.0. The molecule has 0 bridgehead atoms. The SMILES string of the molecule is CCCCc1nc2cc(NC3CCC(N(C)C)CC3)ccc2n1CC. The molecule has 1 saturated carbocycles. The summed E-state index contributed by atoms with van der Waals surface area (Å²) in [4.78, 5) is 7.30. The van der Waals surface area contributed by atoms with E-state index in [2.05, 4.69) is 60.9 Å². The minimum atomic E-state index is 0.599. The average molecular weight is 343 g/mol. The van der Waals surface area contributed by atoms with E-state index < -0.39 is 0 Å². The number of nitrogens with one attached hydrogen (secondary N) is 1. The third-order valence-corrected chi connectivity index (χ3v) is 5.70. The van der Waals surface area contributed by atoms with Gasteiger partial charge >= 0.3 is 0 Å². The van der Waals surface area contributed by atoms with Gasteiger partial charge in [-0.05, 0) is 71.3 Å². The van der Waals surface area contributed by atoms with Crippen LogP contribution >= 0.6 is 0 Å². The second-order valence-electron chi connectivity index (χ2n) is 7.69. The van der Waals surface area contributed by atoms with E-state index in [1.807, 2.05) is 0 Å². The van der Waals surface area contributed by atoms with E-state index in [1.54, 1.807) is 0 Å². The summed E-state index contributed by atoms with van der Waals surface area (Å²) in [6, 6.07) is 8.07. The third-order valence-electron chi connectivity index (χ3n) is 5.70. The lowest BCUT2D eigenvalue weighted by Gasteiger charge is -2.33. The van der Waals surface area contributed by atoms with Crippen molar-refractivity contribution >= 4 is 16.7 Å². The van der Waals surface area contributed by atoms with Gasteiger partial charge in [0.1, 0.15) is 5.82 Å². The van der Waals surface area contributed by atoms with Gasteiger partial charge in [0.2, 0.25) is 0 Å². The van der Waals surface area contributed by atoms with Crippen molar-refractivity contribution in [1.82, 2.24) is 14.5 Å². The van der Waals surface area contributed by atoms with Crippen LogP contribution in [0.25, 0.3) is 11.0 Å². The van der Waals surface area contributed by atoms with Gasteiger partial charge < -0.3 is 14.8 Å². The van der Waals surface area contributed by atoms with E-state index in [-0.39, 0.29) is 0 Å². The van der Waals surface area contributed by atoms with E-state index in [4.69, 9.17) is 4.98 Å². The molecule has 0 unspecified atom stereocenters. The van der Waals surface area contributed by atoms with Crippen LogP contribution in [0, 0.1) is 0 Å². The van der Waals surface area contributed by atoms with Gasteiger partial charge in [-0.25, -0.2) is 4.98 Å². The number of anilines is 1. The molecule has 4 heteroatoms. The molecule has 1 aromatic carbocycles. The van der Waals surface area contributed by atoms with Gasteiger partial charge in [0.05, 0.1) is 11.0 Å². The van der Waals surface area contributed by atoms with Crippen LogP contribution in [0.1, 0.15) is 58.2 Å². The molecule has 4 nitrogen and oxygen atoms in total. The van der Waals surface area contributed by atoms with Crippen molar-refractivity contribution in [3.63, 3.8) is 0 Å². The van der Waals surface area contributed by atoms with Crippen molar-refractivity contribution in [3.05, 3.63) is 24.0 Å². The van der Waals surface area contributed by atoms with E-state index in [9.17, 15) is 0 Å². The molecule has 0 aliphatic heterocycles. The Balaban J connectivity index is 1.71. The predicted octanol–water partition coefficient (Wildman–Crippen LogP) is 4.68. The van der Waals surface area contributed by atoms with E-state index in [1.165, 1.54) is 55.6 Å². The maximum absolute atomic E-state index is 4.93. The zero-order chi connectivity index (χ0) is 17.8. The number of fused-ring (bicyclic) bond motifs is 1. The topological polar surface area (TPSA) is 33.1 Å². The minimum absolute atomic E-state index is 0.599. The molecular formula is C21H34N4. The highest BCUT2D eigenvalue weighted by atomic mass is 15.1. The molecule has 0 spiro atoms. The second kappa shape index (κ2) is 8.22. The number of hydrogen-bond acceptors (Lipinski definition) is 3. The zero-order valence-corrected chi connectivity index (χ0v) is 16.4. The Bertz CT molecular complexity index is 681. The van der Waals surface area contributed by atoms with Crippen LogP contribution in [0.4, 0.5) is 5.69 Å². The lowest BCUT2D eigenvalue weighted by atomic mass is 9.90. The second-order valence-corrected chi connectivity index (χ2v) is 7.69. The maximum Gasteiger partial charge on any atom is 0.109 e. The Hall–Kier alpha value is -1.55. The molecule has 1 aliphatic carbocycles. The Kier molecular flexibility index (Phi) is 6.00. The number of aryl methyl sites for hydroxylation is 2. The maximum atomic E-state index is 4.93. The van der Waals surface area contributed by atoms with Crippen LogP contribution in [0.2, 0.25) is 0 Å². The number of hydrogen-bond donors (Lipinski definition) is 1.